The second kappa shape index (κ2) is 18.6. The molecular formula is C31H51N3O6S. The minimum atomic E-state index is -0.999. The van der Waals surface area contributed by atoms with Crippen LogP contribution in [-0.4, -0.2) is 72.6 Å². The molecule has 0 fully saturated rings. The average molecular weight is 594 g/mol. The lowest BCUT2D eigenvalue weighted by atomic mass is 9.93. The van der Waals surface area contributed by atoms with Crippen LogP contribution in [0, 0.1) is 13.8 Å². The summed E-state index contributed by atoms with van der Waals surface area (Å²) in [5.74, 6) is -0.802. The van der Waals surface area contributed by atoms with Crippen LogP contribution in [0.2, 0.25) is 0 Å². The molecule has 0 aliphatic carbocycles. The summed E-state index contributed by atoms with van der Waals surface area (Å²) in [5, 5.41) is 5.44. The van der Waals surface area contributed by atoms with E-state index in [0.29, 0.717) is 30.7 Å². The fourth-order valence-corrected chi connectivity index (χ4v) is 5.06. The zero-order valence-electron chi connectivity index (χ0n) is 26.3. The number of hydrogen-bond donors (Lipinski definition) is 2. The molecule has 10 heteroatoms. The van der Waals surface area contributed by atoms with Crippen molar-refractivity contribution in [3.8, 4) is 0 Å². The normalized spacial score (nSPS) is 12.7. The highest BCUT2D eigenvalue weighted by Gasteiger charge is 2.37. The molecule has 2 unspecified atom stereocenters. The molecule has 0 saturated heterocycles. The van der Waals surface area contributed by atoms with E-state index < -0.39 is 35.7 Å². The summed E-state index contributed by atoms with van der Waals surface area (Å²) in [6.07, 6.45) is 7.65. The maximum Gasteiger partial charge on any atom is 0.408 e. The summed E-state index contributed by atoms with van der Waals surface area (Å²) in [6, 6.07) is 3.82. The summed E-state index contributed by atoms with van der Waals surface area (Å²) < 4.78 is 10.2. The van der Waals surface area contributed by atoms with E-state index >= 15 is 0 Å². The average Bonchev–Trinajstić information content (AvgIpc) is 2.90. The van der Waals surface area contributed by atoms with Crippen molar-refractivity contribution in [2.45, 2.75) is 104 Å². The van der Waals surface area contributed by atoms with Crippen molar-refractivity contribution in [2.75, 3.05) is 32.2 Å². The maximum atomic E-state index is 14.3. The molecule has 2 atom stereocenters. The summed E-state index contributed by atoms with van der Waals surface area (Å²) in [5.41, 5.74) is 1.67. The first-order valence-corrected chi connectivity index (χ1v) is 15.9. The zero-order chi connectivity index (χ0) is 31.0. The summed E-state index contributed by atoms with van der Waals surface area (Å²) >= 11 is 1.56. The number of unbranched alkanes of at least 4 members (excludes halogenated alkanes) is 5. The van der Waals surface area contributed by atoms with E-state index in [9.17, 15) is 19.2 Å². The van der Waals surface area contributed by atoms with Gasteiger partial charge in [0.05, 0.1) is 7.11 Å². The van der Waals surface area contributed by atoms with Crippen LogP contribution in [0.5, 0.6) is 0 Å². The highest BCUT2D eigenvalue weighted by molar-refractivity contribution is 7.98. The Hall–Kier alpha value is -2.75. The number of esters is 1. The van der Waals surface area contributed by atoms with Crippen molar-refractivity contribution < 1.29 is 28.7 Å². The van der Waals surface area contributed by atoms with Gasteiger partial charge in [0.15, 0.2) is 0 Å². The van der Waals surface area contributed by atoms with Crippen LogP contribution in [0.25, 0.3) is 0 Å². The molecule has 0 bridgehead atoms. The van der Waals surface area contributed by atoms with Crippen molar-refractivity contribution in [3.05, 3.63) is 34.9 Å². The summed E-state index contributed by atoms with van der Waals surface area (Å²) in [6.45, 7) is 11.3. The van der Waals surface area contributed by atoms with Gasteiger partial charge in [-0.2, -0.15) is 11.8 Å². The van der Waals surface area contributed by atoms with Crippen LogP contribution >= 0.6 is 11.8 Å². The zero-order valence-corrected chi connectivity index (χ0v) is 27.1. The molecule has 0 heterocycles. The van der Waals surface area contributed by atoms with Crippen LogP contribution < -0.4 is 10.6 Å². The number of ether oxygens (including phenoxy) is 2. The van der Waals surface area contributed by atoms with Gasteiger partial charge in [-0.3, -0.25) is 14.4 Å². The Morgan fingerprint density at radius 3 is 2.17 bits per heavy atom. The van der Waals surface area contributed by atoms with Gasteiger partial charge in [-0.25, -0.2) is 4.79 Å². The Bertz CT molecular complexity index is 974. The third-order valence-corrected chi connectivity index (χ3v) is 7.29. The van der Waals surface area contributed by atoms with Gasteiger partial charge in [0, 0.05) is 6.54 Å². The van der Waals surface area contributed by atoms with Crippen molar-refractivity contribution in [1.82, 2.24) is 15.5 Å². The first kappa shape index (κ1) is 36.3. The molecular weight excluding hydrogens is 542 g/mol. The third kappa shape index (κ3) is 13.2. The third-order valence-electron chi connectivity index (χ3n) is 6.65. The molecule has 41 heavy (non-hydrogen) atoms. The first-order chi connectivity index (χ1) is 19.4. The van der Waals surface area contributed by atoms with Gasteiger partial charge >= 0.3 is 12.1 Å². The quantitative estimate of drug-likeness (QED) is 0.182. The first-order valence-electron chi connectivity index (χ1n) is 14.6. The Balaban J connectivity index is 3.53. The lowest BCUT2D eigenvalue weighted by Gasteiger charge is -2.36. The fourth-order valence-electron chi connectivity index (χ4n) is 4.59. The molecule has 0 aliphatic heterocycles. The van der Waals surface area contributed by atoms with Crippen molar-refractivity contribution in [1.29, 1.82) is 0 Å². The van der Waals surface area contributed by atoms with Crippen molar-refractivity contribution in [3.63, 3.8) is 0 Å². The molecule has 0 radical (unpaired) electrons. The van der Waals surface area contributed by atoms with Crippen LogP contribution in [-0.2, 0) is 23.9 Å². The number of rotatable bonds is 17. The molecule has 9 nitrogen and oxygen atoms in total. The number of benzene rings is 1. The fraction of sp³-hybridized carbons (Fsp3) is 0.677. The van der Waals surface area contributed by atoms with E-state index in [2.05, 4.69) is 17.6 Å². The van der Waals surface area contributed by atoms with E-state index in [0.717, 1.165) is 43.2 Å². The van der Waals surface area contributed by atoms with E-state index in [1.54, 1.807) is 37.4 Å². The molecule has 2 N–H and O–H groups in total. The van der Waals surface area contributed by atoms with Gasteiger partial charge in [0.2, 0.25) is 11.8 Å². The van der Waals surface area contributed by atoms with E-state index in [1.165, 1.54) is 7.11 Å². The molecule has 1 rings (SSSR count). The topological polar surface area (TPSA) is 114 Å². The predicted molar refractivity (Wildman–Crippen MR) is 165 cm³/mol. The maximum absolute atomic E-state index is 14.3. The van der Waals surface area contributed by atoms with Gasteiger partial charge in [0.1, 0.15) is 24.2 Å². The second-order valence-corrected chi connectivity index (χ2v) is 12.3. The van der Waals surface area contributed by atoms with Gasteiger partial charge in [-0.1, -0.05) is 57.2 Å². The number of thioether (sulfide) groups is 1. The standard InChI is InChI=1S/C31H51N3O6S/c1-9-10-11-12-13-14-19-34(29(37)24(18-20-41-8)33-30(38)40-31(4,5)6)27(28(36)32-21-25(35)39-7)26-22(2)16-15-17-23(26)3/h15-17,24,27H,9-14,18-21H2,1-8H3,(H,32,36)(H,33,38). The Kier molecular flexibility index (Phi) is 16.5. The largest absolute Gasteiger partial charge is 0.468 e. The number of carbonyl (C=O) groups excluding carboxylic acids is 4. The Morgan fingerprint density at radius 1 is 1.00 bits per heavy atom. The molecule has 1 aromatic rings. The van der Waals surface area contributed by atoms with Gasteiger partial charge in [0.25, 0.3) is 0 Å². The molecule has 3 amide bonds. The smallest absolute Gasteiger partial charge is 0.408 e. The number of nitrogens with one attached hydrogen (secondary N) is 2. The number of amides is 3. The summed E-state index contributed by atoms with van der Waals surface area (Å²) in [7, 11) is 1.25. The van der Waals surface area contributed by atoms with Crippen LogP contribution in [0.3, 0.4) is 0 Å². The molecule has 1 aromatic carbocycles. The van der Waals surface area contributed by atoms with Crippen LogP contribution in [0.15, 0.2) is 18.2 Å². The van der Waals surface area contributed by atoms with Crippen LogP contribution in [0.4, 0.5) is 4.79 Å². The Morgan fingerprint density at radius 2 is 1.61 bits per heavy atom. The second-order valence-electron chi connectivity index (χ2n) is 11.3. The minimum Gasteiger partial charge on any atom is -0.468 e. The van der Waals surface area contributed by atoms with Gasteiger partial charge in [-0.15, -0.1) is 0 Å². The highest BCUT2D eigenvalue weighted by atomic mass is 32.2. The molecule has 232 valence electrons. The monoisotopic (exact) mass is 593 g/mol. The number of alkyl carbamates (subject to hydrolysis) is 1. The number of nitrogens with zero attached hydrogens (tertiary/aromatic N) is 1. The Labute approximate surface area is 250 Å². The lowest BCUT2D eigenvalue weighted by Crippen LogP contribution is -2.54. The van der Waals surface area contributed by atoms with Crippen molar-refractivity contribution >= 4 is 35.6 Å². The SMILES string of the molecule is CCCCCCCCN(C(=O)C(CCSC)NC(=O)OC(C)(C)C)C(C(=O)NCC(=O)OC)c1c(C)cccc1C. The molecule has 0 saturated carbocycles. The minimum absolute atomic E-state index is 0.318. The van der Waals surface area contributed by atoms with Gasteiger partial charge < -0.3 is 25.0 Å². The highest BCUT2D eigenvalue weighted by Crippen LogP contribution is 2.29. The van der Waals surface area contributed by atoms with Crippen molar-refractivity contribution in [2.24, 2.45) is 0 Å². The molecule has 0 aliphatic rings. The number of hydrogen-bond acceptors (Lipinski definition) is 7. The van der Waals surface area contributed by atoms with Gasteiger partial charge in [-0.05, 0) is 76.2 Å². The number of methoxy groups -OCH3 is 1. The number of aryl methyl sites for hydroxylation is 2. The summed E-state index contributed by atoms with van der Waals surface area (Å²) in [4.78, 5) is 54.4. The lowest BCUT2D eigenvalue weighted by molar-refractivity contribution is -0.144. The number of carbonyl (C=O) groups is 4. The van der Waals surface area contributed by atoms with E-state index in [-0.39, 0.29) is 12.5 Å². The van der Waals surface area contributed by atoms with Crippen LogP contribution in [0.1, 0.15) is 95.4 Å². The molecule has 0 aromatic heterocycles. The van der Waals surface area contributed by atoms with E-state index in [1.807, 2.05) is 38.3 Å². The predicted octanol–water partition coefficient (Wildman–Crippen LogP) is 5.47. The molecule has 0 spiro atoms. The van der Waals surface area contributed by atoms with E-state index in [4.69, 9.17) is 9.47 Å².